The molecule has 1 heterocycles. The molecule has 0 bridgehead atoms. The number of anilines is 1. The van der Waals surface area contributed by atoms with Gasteiger partial charge in [0.05, 0.1) is 10.6 Å². The first-order valence-electron chi connectivity index (χ1n) is 6.45. The highest BCUT2D eigenvalue weighted by atomic mass is 32.2. The van der Waals surface area contributed by atoms with Crippen LogP contribution in [0.1, 0.15) is 31.7 Å². The summed E-state index contributed by atoms with van der Waals surface area (Å²) in [7, 11) is -3.58. The van der Waals surface area contributed by atoms with Crippen molar-refractivity contribution in [1.82, 2.24) is 4.31 Å². The molecule has 0 spiro atoms. The highest BCUT2D eigenvalue weighted by Gasteiger charge is 2.34. The quantitative estimate of drug-likeness (QED) is 0.867. The lowest BCUT2D eigenvalue weighted by Crippen LogP contribution is -2.35. The molecule has 6 heteroatoms. The van der Waals surface area contributed by atoms with Crippen molar-refractivity contribution < 1.29 is 12.8 Å². The average molecular weight is 286 g/mol. The van der Waals surface area contributed by atoms with Crippen LogP contribution in [-0.4, -0.2) is 25.3 Å². The van der Waals surface area contributed by atoms with Crippen LogP contribution in [0.3, 0.4) is 0 Å². The van der Waals surface area contributed by atoms with E-state index in [-0.39, 0.29) is 22.2 Å². The number of nitrogens with zero attached hydrogens (tertiary/aromatic N) is 1. The summed E-state index contributed by atoms with van der Waals surface area (Å²) in [6, 6.07) is 2.60. The normalized spacial score (nSPS) is 20.9. The van der Waals surface area contributed by atoms with Crippen LogP contribution >= 0.6 is 0 Å². The number of hydrogen-bond acceptors (Lipinski definition) is 3. The van der Waals surface area contributed by atoms with Gasteiger partial charge in [-0.1, -0.05) is 6.92 Å². The van der Waals surface area contributed by atoms with E-state index >= 15 is 0 Å². The van der Waals surface area contributed by atoms with Crippen molar-refractivity contribution in [2.24, 2.45) is 0 Å². The van der Waals surface area contributed by atoms with Crippen LogP contribution in [0, 0.1) is 12.7 Å². The zero-order chi connectivity index (χ0) is 14.2. The number of benzene rings is 1. The molecule has 1 unspecified atom stereocenters. The second-order valence-corrected chi connectivity index (χ2v) is 6.85. The van der Waals surface area contributed by atoms with Crippen LogP contribution in [0.4, 0.5) is 10.1 Å². The maximum atomic E-state index is 13.5. The third kappa shape index (κ3) is 2.47. The molecule has 1 saturated heterocycles. The Labute approximate surface area is 113 Å². The van der Waals surface area contributed by atoms with Crippen molar-refractivity contribution in [2.45, 2.75) is 44.0 Å². The van der Waals surface area contributed by atoms with Gasteiger partial charge in [-0.05, 0) is 43.9 Å². The number of aryl methyl sites for hydroxylation is 1. The highest BCUT2D eigenvalue weighted by Crippen LogP contribution is 2.29. The zero-order valence-corrected chi connectivity index (χ0v) is 12.0. The molecule has 106 valence electrons. The van der Waals surface area contributed by atoms with Crippen molar-refractivity contribution in [3.8, 4) is 0 Å². The minimum atomic E-state index is -3.58. The molecular formula is C13H19FN2O2S. The maximum absolute atomic E-state index is 13.5. The maximum Gasteiger partial charge on any atom is 0.243 e. The van der Waals surface area contributed by atoms with Crippen molar-refractivity contribution in [2.75, 3.05) is 12.3 Å². The molecule has 2 rings (SSSR count). The highest BCUT2D eigenvalue weighted by molar-refractivity contribution is 7.89. The molecule has 0 saturated carbocycles. The summed E-state index contributed by atoms with van der Waals surface area (Å²) in [6.07, 6.45) is 2.54. The van der Waals surface area contributed by atoms with Crippen LogP contribution in [-0.2, 0) is 10.0 Å². The molecule has 19 heavy (non-hydrogen) atoms. The largest absolute Gasteiger partial charge is 0.396 e. The standard InChI is InChI=1S/C13H19FN2O2S/c1-3-10-5-4-6-16(10)19(17,18)11-7-9(2)13(14)12(15)8-11/h7-8,10H,3-6,15H2,1-2H3. The summed E-state index contributed by atoms with van der Waals surface area (Å²) in [5.74, 6) is -0.549. The van der Waals surface area contributed by atoms with Gasteiger partial charge >= 0.3 is 0 Å². The topological polar surface area (TPSA) is 63.4 Å². The van der Waals surface area contributed by atoms with E-state index in [9.17, 15) is 12.8 Å². The molecule has 0 aromatic heterocycles. The van der Waals surface area contributed by atoms with Crippen LogP contribution in [0.2, 0.25) is 0 Å². The predicted molar refractivity (Wildman–Crippen MR) is 72.8 cm³/mol. The first kappa shape index (κ1) is 14.3. The zero-order valence-electron chi connectivity index (χ0n) is 11.2. The fourth-order valence-corrected chi connectivity index (χ4v) is 4.47. The third-order valence-corrected chi connectivity index (χ3v) is 5.59. The second-order valence-electron chi connectivity index (χ2n) is 4.96. The van der Waals surface area contributed by atoms with E-state index in [1.807, 2.05) is 6.92 Å². The summed E-state index contributed by atoms with van der Waals surface area (Å²) in [5, 5.41) is 0. The molecule has 1 aliphatic heterocycles. The minimum absolute atomic E-state index is 0.0385. The number of halogens is 1. The Balaban J connectivity index is 2.45. The smallest absolute Gasteiger partial charge is 0.243 e. The van der Waals surface area contributed by atoms with Crippen LogP contribution in [0.5, 0.6) is 0 Å². The fourth-order valence-electron chi connectivity index (χ4n) is 2.58. The molecule has 0 radical (unpaired) electrons. The van der Waals surface area contributed by atoms with Gasteiger partial charge in [0.25, 0.3) is 0 Å². The van der Waals surface area contributed by atoms with E-state index in [1.54, 1.807) is 0 Å². The Morgan fingerprint density at radius 3 is 2.74 bits per heavy atom. The van der Waals surface area contributed by atoms with Gasteiger partial charge in [0, 0.05) is 12.6 Å². The number of sulfonamides is 1. The Kier molecular flexibility index (Phi) is 3.82. The molecule has 0 amide bonds. The third-order valence-electron chi connectivity index (χ3n) is 3.66. The lowest BCUT2D eigenvalue weighted by molar-refractivity contribution is 0.379. The van der Waals surface area contributed by atoms with E-state index in [0.29, 0.717) is 6.54 Å². The van der Waals surface area contributed by atoms with Crippen LogP contribution < -0.4 is 5.73 Å². The Hall–Kier alpha value is -1.14. The Bertz CT molecular complexity index is 563. The molecular weight excluding hydrogens is 267 g/mol. The van der Waals surface area contributed by atoms with Gasteiger partial charge in [-0.3, -0.25) is 0 Å². The van der Waals surface area contributed by atoms with Gasteiger partial charge in [0.15, 0.2) is 0 Å². The second kappa shape index (κ2) is 5.09. The van der Waals surface area contributed by atoms with Gasteiger partial charge < -0.3 is 5.73 Å². The van der Waals surface area contributed by atoms with Gasteiger partial charge in [-0.2, -0.15) is 4.31 Å². The first-order valence-corrected chi connectivity index (χ1v) is 7.89. The van der Waals surface area contributed by atoms with Gasteiger partial charge in [-0.25, -0.2) is 12.8 Å². The van der Waals surface area contributed by atoms with E-state index in [2.05, 4.69) is 0 Å². The monoisotopic (exact) mass is 286 g/mol. The molecule has 1 fully saturated rings. The molecule has 1 aromatic rings. The Morgan fingerprint density at radius 2 is 2.16 bits per heavy atom. The first-order chi connectivity index (χ1) is 8.87. The van der Waals surface area contributed by atoms with Gasteiger partial charge in [0.1, 0.15) is 5.82 Å². The Morgan fingerprint density at radius 1 is 1.47 bits per heavy atom. The molecule has 1 aliphatic rings. The summed E-state index contributed by atoms with van der Waals surface area (Å²) < 4.78 is 40.1. The number of nitrogens with two attached hydrogens (primary N) is 1. The summed E-state index contributed by atoms with van der Waals surface area (Å²) in [5.41, 5.74) is 5.66. The average Bonchev–Trinajstić information content (AvgIpc) is 2.84. The SMILES string of the molecule is CCC1CCCN1S(=O)(=O)c1cc(C)c(F)c(N)c1. The van der Waals surface area contributed by atoms with E-state index < -0.39 is 15.8 Å². The van der Waals surface area contributed by atoms with Crippen molar-refractivity contribution in [3.05, 3.63) is 23.5 Å². The summed E-state index contributed by atoms with van der Waals surface area (Å²) in [4.78, 5) is 0.0873. The number of hydrogen-bond donors (Lipinski definition) is 1. The molecule has 1 atom stereocenters. The van der Waals surface area contributed by atoms with Gasteiger partial charge in [0.2, 0.25) is 10.0 Å². The molecule has 2 N–H and O–H groups in total. The van der Waals surface area contributed by atoms with Gasteiger partial charge in [-0.15, -0.1) is 0 Å². The van der Waals surface area contributed by atoms with E-state index in [4.69, 9.17) is 5.73 Å². The van der Waals surface area contributed by atoms with E-state index in [1.165, 1.54) is 23.4 Å². The van der Waals surface area contributed by atoms with E-state index in [0.717, 1.165) is 19.3 Å². The molecule has 1 aromatic carbocycles. The van der Waals surface area contributed by atoms with Crippen LogP contribution in [0.25, 0.3) is 0 Å². The molecule has 4 nitrogen and oxygen atoms in total. The van der Waals surface area contributed by atoms with Crippen molar-refractivity contribution >= 4 is 15.7 Å². The fraction of sp³-hybridized carbons (Fsp3) is 0.538. The van der Waals surface area contributed by atoms with Crippen LogP contribution in [0.15, 0.2) is 17.0 Å². The lowest BCUT2D eigenvalue weighted by Gasteiger charge is -2.23. The number of rotatable bonds is 3. The molecule has 0 aliphatic carbocycles. The number of nitrogen functional groups attached to an aromatic ring is 1. The van der Waals surface area contributed by atoms with Crippen molar-refractivity contribution in [1.29, 1.82) is 0 Å². The summed E-state index contributed by atoms with van der Waals surface area (Å²) >= 11 is 0. The summed E-state index contributed by atoms with van der Waals surface area (Å²) in [6.45, 7) is 4.02. The van der Waals surface area contributed by atoms with Crippen molar-refractivity contribution in [3.63, 3.8) is 0 Å². The predicted octanol–water partition coefficient (Wildman–Crippen LogP) is 2.28. The minimum Gasteiger partial charge on any atom is -0.396 e. The lowest BCUT2D eigenvalue weighted by atomic mass is 10.2.